The van der Waals surface area contributed by atoms with Crippen molar-refractivity contribution >= 4 is 16.9 Å². The molecule has 0 amide bonds. The van der Waals surface area contributed by atoms with E-state index in [1.54, 1.807) is 12.4 Å². The number of benzene rings is 1. The van der Waals surface area contributed by atoms with Crippen LogP contribution >= 0.6 is 0 Å². The van der Waals surface area contributed by atoms with Gasteiger partial charge < -0.3 is 4.90 Å². The van der Waals surface area contributed by atoms with Crippen LogP contribution in [0.1, 0.15) is 5.82 Å². The summed E-state index contributed by atoms with van der Waals surface area (Å²) in [7, 11) is 0. The number of para-hydroxylation sites is 1. The molecule has 6 heteroatoms. The second-order valence-corrected chi connectivity index (χ2v) is 5.66. The molecule has 2 aromatic heterocycles. The summed E-state index contributed by atoms with van der Waals surface area (Å²) in [5.74, 6) is 1.70. The van der Waals surface area contributed by atoms with Crippen LogP contribution in [0.25, 0.3) is 10.9 Å². The van der Waals surface area contributed by atoms with Gasteiger partial charge in [0, 0.05) is 50.2 Å². The Morgan fingerprint density at radius 1 is 0.870 bits per heavy atom. The average Bonchev–Trinajstić information content (AvgIpc) is 2.63. The van der Waals surface area contributed by atoms with E-state index in [1.807, 2.05) is 36.5 Å². The molecule has 3 heterocycles. The molecular weight excluding hydrogens is 288 g/mol. The molecule has 23 heavy (non-hydrogen) atoms. The van der Waals surface area contributed by atoms with Gasteiger partial charge >= 0.3 is 0 Å². The monoisotopic (exact) mass is 306 g/mol. The fourth-order valence-corrected chi connectivity index (χ4v) is 2.85. The van der Waals surface area contributed by atoms with Gasteiger partial charge in [-0.15, -0.1) is 0 Å². The van der Waals surface area contributed by atoms with E-state index in [0.717, 1.165) is 55.4 Å². The molecule has 1 aromatic carbocycles. The Labute approximate surface area is 134 Å². The molecule has 0 unspecified atom stereocenters. The first-order valence-electron chi connectivity index (χ1n) is 7.83. The summed E-state index contributed by atoms with van der Waals surface area (Å²) in [6, 6.07) is 9.94. The van der Waals surface area contributed by atoms with Gasteiger partial charge in [-0.05, 0) is 12.1 Å². The molecule has 0 atom stereocenters. The second-order valence-electron chi connectivity index (χ2n) is 5.66. The number of anilines is 1. The largest absolute Gasteiger partial charge is 0.338 e. The highest BCUT2D eigenvalue weighted by molar-refractivity contribution is 5.77. The zero-order valence-electron chi connectivity index (χ0n) is 12.8. The summed E-state index contributed by atoms with van der Waals surface area (Å²) in [6.07, 6.45) is 5.49. The Kier molecular flexibility index (Phi) is 3.81. The summed E-state index contributed by atoms with van der Waals surface area (Å²) in [5.41, 5.74) is 1.01. The number of hydrogen-bond acceptors (Lipinski definition) is 6. The summed E-state index contributed by atoms with van der Waals surface area (Å²) >= 11 is 0. The van der Waals surface area contributed by atoms with Gasteiger partial charge in [0.1, 0.15) is 5.82 Å². The van der Waals surface area contributed by atoms with Gasteiger partial charge in [-0.25, -0.2) is 19.9 Å². The van der Waals surface area contributed by atoms with Crippen molar-refractivity contribution in [1.82, 2.24) is 24.8 Å². The van der Waals surface area contributed by atoms with Gasteiger partial charge in [0.2, 0.25) is 5.95 Å². The molecule has 3 aromatic rings. The fourth-order valence-electron chi connectivity index (χ4n) is 2.85. The van der Waals surface area contributed by atoms with Crippen molar-refractivity contribution in [2.75, 3.05) is 31.1 Å². The summed E-state index contributed by atoms with van der Waals surface area (Å²) in [6.45, 7) is 4.58. The maximum Gasteiger partial charge on any atom is 0.225 e. The van der Waals surface area contributed by atoms with E-state index in [2.05, 4.69) is 29.7 Å². The molecule has 116 valence electrons. The summed E-state index contributed by atoms with van der Waals surface area (Å²) in [5, 5.41) is 1.09. The van der Waals surface area contributed by atoms with E-state index in [4.69, 9.17) is 0 Å². The van der Waals surface area contributed by atoms with Crippen LogP contribution < -0.4 is 4.90 Å². The van der Waals surface area contributed by atoms with Gasteiger partial charge in [0.25, 0.3) is 0 Å². The minimum atomic E-state index is 0.786. The molecule has 0 radical (unpaired) electrons. The average molecular weight is 306 g/mol. The van der Waals surface area contributed by atoms with E-state index in [9.17, 15) is 0 Å². The lowest BCUT2D eigenvalue weighted by Crippen LogP contribution is -2.46. The highest BCUT2D eigenvalue weighted by Crippen LogP contribution is 2.13. The molecule has 6 nitrogen and oxygen atoms in total. The van der Waals surface area contributed by atoms with Crippen molar-refractivity contribution in [1.29, 1.82) is 0 Å². The van der Waals surface area contributed by atoms with Crippen LogP contribution in [0, 0.1) is 0 Å². The molecule has 0 spiro atoms. The zero-order chi connectivity index (χ0) is 15.5. The third-order valence-electron chi connectivity index (χ3n) is 4.11. The predicted molar refractivity (Wildman–Crippen MR) is 89.1 cm³/mol. The van der Waals surface area contributed by atoms with Crippen molar-refractivity contribution in [3.63, 3.8) is 0 Å². The van der Waals surface area contributed by atoms with Crippen LogP contribution in [0.15, 0.2) is 48.9 Å². The molecule has 4 rings (SSSR count). The smallest absolute Gasteiger partial charge is 0.225 e. The van der Waals surface area contributed by atoms with E-state index in [0.29, 0.717) is 0 Å². The number of aromatic nitrogens is 4. The number of hydrogen-bond donors (Lipinski definition) is 0. The van der Waals surface area contributed by atoms with Crippen molar-refractivity contribution in [2.24, 2.45) is 0 Å². The molecule has 0 aliphatic carbocycles. The Morgan fingerprint density at radius 3 is 2.48 bits per heavy atom. The highest BCUT2D eigenvalue weighted by atomic mass is 15.3. The second kappa shape index (κ2) is 6.26. The lowest BCUT2D eigenvalue weighted by atomic mass is 10.2. The third-order valence-corrected chi connectivity index (χ3v) is 4.11. The van der Waals surface area contributed by atoms with Crippen LogP contribution in [-0.4, -0.2) is 51.0 Å². The van der Waals surface area contributed by atoms with Crippen LogP contribution in [0.5, 0.6) is 0 Å². The highest BCUT2D eigenvalue weighted by Gasteiger charge is 2.19. The van der Waals surface area contributed by atoms with E-state index >= 15 is 0 Å². The van der Waals surface area contributed by atoms with Gasteiger partial charge in [0.05, 0.1) is 12.1 Å². The fraction of sp³-hybridized carbons (Fsp3) is 0.294. The normalized spacial score (nSPS) is 15.9. The van der Waals surface area contributed by atoms with Crippen molar-refractivity contribution in [3.8, 4) is 0 Å². The van der Waals surface area contributed by atoms with E-state index < -0.39 is 0 Å². The van der Waals surface area contributed by atoms with Crippen molar-refractivity contribution < 1.29 is 0 Å². The molecule has 0 saturated carbocycles. The lowest BCUT2D eigenvalue weighted by Gasteiger charge is -2.34. The molecule has 1 fully saturated rings. The van der Waals surface area contributed by atoms with E-state index in [-0.39, 0.29) is 0 Å². The molecule has 1 saturated heterocycles. The summed E-state index contributed by atoms with van der Waals surface area (Å²) in [4.78, 5) is 22.4. The zero-order valence-corrected chi connectivity index (χ0v) is 12.8. The van der Waals surface area contributed by atoms with Gasteiger partial charge in [0.15, 0.2) is 0 Å². The van der Waals surface area contributed by atoms with Gasteiger partial charge in [-0.3, -0.25) is 4.90 Å². The predicted octanol–water partition coefficient (Wildman–Crippen LogP) is 1.74. The first-order chi connectivity index (χ1) is 11.4. The first kappa shape index (κ1) is 14.0. The first-order valence-corrected chi connectivity index (χ1v) is 7.83. The Bertz CT molecular complexity index is 783. The van der Waals surface area contributed by atoms with Crippen LogP contribution in [0.2, 0.25) is 0 Å². The van der Waals surface area contributed by atoms with Crippen molar-refractivity contribution in [3.05, 3.63) is 54.7 Å². The Morgan fingerprint density at radius 2 is 1.65 bits per heavy atom. The third kappa shape index (κ3) is 3.12. The molecule has 1 aliphatic heterocycles. The molecular formula is C17H18N6. The number of nitrogens with zero attached hydrogens (tertiary/aromatic N) is 6. The standard InChI is InChI=1S/C17H18N6/c1-2-5-15-14(4-1)12-20-16(21-15)13-22-8-10-23(11-9-22)17-18-6-3-7-19-17/h1-7,12H,8-11,13H2. The number of rotatable bonds is 3. The van der Waals surface area contributed by atoms with Crippen LogP contribution in [0.4, 0.5) is 5.95 Å². The Balaban J connectivity index is 1.40. The molecule has 1 aliphatic rings. The van der Waals surface area contributed by atoms with Crippen LogP contribution in [0.3, 0.4) is 0 Å². The SMILES string of the molecule is c1cnc(N2CCN(Cc3ncc4ccccc4n3)CC2)nc1. The maximum atomic E-state index is 4.66. The lowest BCUT2D eigenvalue weighted by molar-refractivity contribution is 0.243. The van der Waals surface area contributed by atoms with Crippen molar-refractivity contribution in [2.45, 2.75) is 6.54 Å². The molecule has 0 bridgehead atoms. The van der Waals surface area contributed by atoms with E-state index in [1.165, 1.54) is 0 Å². The Hall–Kier alpha value is -2.60. The quantitative estimate of drug-likeness (QED) is 0.735. The number of fused-ring (bicyclic) bond motifs is 1. The summed E-state index contributed by atoms with van der Waals surface area (Å²) < 4.78 is 0. The number of piperazine rings is 1. The van der Waals surface area contributed by atoms with Gasteiger partial charge in [-0.1, -0.05) is 18.2 Å². The van der Waals surface area contributed by atoms with Gasteiger partial charge in [-0.2, -0.15) is 0 Å². The van der Waals surface area contributed by atoms with Crippen LogP contribution in [-0.2, 0) is 6.54 Å². The molecule has 0 N–H and O–H groups in total. The maximum absolute atomic E-state index is 4.66. The minimum Gasteiger partial charge on any atom is -0.338 e. The minimum absolute atomic E-state index is 0.786. The topological polar surface area (TPSA) is 58.0 Å².